The van der Waals surface area contributed by atoms with Crippen molar-refractivity contribution >= 4 is 17.5 Å². The number of H-pyrrole nitrogens is 1. The minimum Gasteiger partial charge on any atom is -0.494 e. The Bertz CT molecular complexity index is 537. The van der Waals surface area contributed by atoms with Gasteiger partial charge in [0.25, 0.3) is 0 Å². The van der Waals surface area contributed by atoms with Gasteiger partial charge < -0.3 is 10.4 Å². The van der Waals surface area contributed by atoms with Crippen LogP contribution in [-0.2, 0) is 11.3 Å². The number of amides is 1. The molecule has 0 aliphatic heterocycles. The van der Waals surface area contributed by atoms with E-state index in [1.807, 2.05) is 12.1 Å². The molecular weight excluding hydrogens is 254 g/mol. The molecule has 0 aliphatic rings. The van der Waals surface area contributed by atoms with Crippen LogP contribution in [-0.4, -0.2) is 21.2 Å². The third kappa shape index (κ3) is 3.49. The summed E-state index contributed by atoms with van der Waals surface area (Å²) < 4.78 is 0. The van der Waals surface area contributed by atoms with Crippen molar-refractivity contribution in [2.24, 2.45) is 0 Å². The second kappa shape index (κ2) is 5.55. The standard InChI is InChI=1S/C12H11ClN3O2/c13-9-3-1-8(2-4-9)7-14-11(17)5-10-6-12(18)16-15-10/h1-6H,7H2,(H,14,17)(H2,15,16,18). The largest absolute Gasteiger partial charge is 0.494 e. The lowest BCUT2D eigenvalue weighted by molar-refractivity contribution is -0.117. The van der Waals surface area contributed by atoms with Crippen LogP contribution >= 0.6 is 11.6 Å². The molecule has 2 rings (SSSR count). The van der Waals surface area contributed by atoms with Crippen LogP contribution in [0, 0.1) is 6.42 Å². The quantitative estimate of drug-likeness (QED) is 0.785. The van der Waals surface area contributed by atoms with E-state index in [1.54, 1.807) is 12.1 Å². The average molecular weight is 265 g/mol. The van der Waals surface area contributed by atoms with E-state index in [-0.39, 0.29) is 11.8 Å². The Morgan fingerprint density at radius 1 is 1.44 bits per heavy atom. The van der Waals surface area contributed by atoms with Crippen LogP contribution in [0.1, 0.15) is 11.3 Å². The molecule has 0 spiro atoms. The fraction of sp³-hybridized carbons (Fsp3) is 0.0833. The van der Waals surface area contributed by atoms with Crippen LogP contribution in [0.4, 0.5) is 0 Å². The van der Waals surface area contributed by atoms with Crippen LogP contribution in [0.2, 0.25) is 5.02 Å². The minimum atomic E-state index is -0.281. The van der Waals surface area contributed by atoms with Gasteiger partial charge in [-0.15, -0.1) is 0 Å². The Balaban J connectivity index is 1.83. The van der Waals surface area contributed by atoms with Crippen molar-refractivity contribution in [2.45, 2.75) is 6.54 Å². The summed E-state index contributed by atoms with van der Waals surface area (Å²) in [5.74, 6) is -0.358. The molecular formula is C12H11ClN3O2. The second-order valence-corrected chi connectivity index (χ2v) is 4.10. The molecule has 1 radical (unpaired) electrons. The van der Waals surface area contributed by atoms with Gasteiger partial charge in [0.1, 0.15) is 0 Å². The van der Waals surface area contributed by atoms with E-state index >= 15 is 0 Å². The van der Waals surface area contributed by atoms with Gasteiger partial charge in [0.2, 0.25) is 11.8 Å². The van der Waals surface area contributed by atoms with Gasteiger partial charge in [0, 0.05) is 17.6 Å². The predicted octanol–water partition coefficient (Wildman–Crippen LogP) is 1.64. The Kier molecular flexibility index (Phi) is 3.84. The Morgan fingerprint density at radius 3 is 2.78 bits per heavy atom. The molecule has 0 saturated heterocycles. The third-order valence-corrected chi connectivity index (χ3v) is 2.50. The van der Waals surface area contributed by atoms with E-state index in [2.05, 4.69) is 15.5 Å². The third-order valence-electron chi connectivity index (χ3n) is 2.24. The summed E-state index contributed by atoms with van der Waals surface area (Å²) in [5, 5.41) is 18.4. The number of aromatic amines is 1. The van der Waals surface area contributed by atoms with Crippen LogP contribution in [0.25, 0.3) is 0 Å². The highest BCUT2D eigenvalue weighted by atomic mass is 35.5. The molecule has 93 valence electrons. The van der Waals surface area contributed by atoms with Gasteiger partial charge in [-0.1, -0.05) is 23.7 Å². The Morgan fingerprint density at radius 2 is 2.17 bits per heavy atom. The van der Waals surface area contributed by atoms with Gasteiger partial charge in [-0.25, -0.2) is 5.10 Å². The van der Waals surface area contributed by atoms with E-state index in [4.69, 9.17) is 16.7 Å². The van der Waals surface area contributed by atoms with Crippen molar-refractivity contribution in [2.75, 3.05) is 0 Å². The molecule has 1 aromatic carbocycles. The molecule has 6 heteroatoms. The minimum absolute atomic E-state index is 0.0771. The highest BCUT2D eigenvalue weighted by Gasteiger charge is 2.07. The molecule has 1 amide bonds. The topological polar surface area (TPSA) is 78.0 Å². The van der Waals surface area contributed by atoms with Gasteiger partial charge in [-0.05, 0) is 17.7 Å². The molecule has 5 nitrogen and oxygen atoms in total. The number of carbonyl (C=O) groups is 1. The molecule has 0 saturated carbocycles. The number of benzene rings is 1. The van der Waals surface area contributed by atoms with Crippen LogP contribution < -0.4 is 5.32 Å². The van der Waals surface area contributed by atoms with Crippen LogP contribution in [0.3, 0.4) is 0 Å². The number of aromatic hydroxyl groups is 1. The van der Waals surface area contributed by atoms with Crippen molar-refractivity contribution in [3.63, 3.8) is 0 Å². The Hall–Kier alpha value is -2.01. The monoisotopic (exact) mass is 264 g/mol. The zero-order valence-electron chi connectivity index (χ0n) is 9.35. The molecule has 1 heterocycles. The van der Waals surface area contributed by atoms with E-state index in [9.17, 15) is 4.79 Å². The van der Waals surface area contributed by atoms with Crippen LogP contribution in [0.5, 0.6) is 5.88 Å². The van der Waals surface area contributed by atoms with Gasteiger partial charge >= 0.3 is 0 Å². The molecule has 2 aromatic rings. The number of rotatable bonds is 4. The SMILES string of the molecule is O=C([CH]c1cc(O)[nH]n1)NCc1ccc(Cl)cc1. The number of nitrogens with one attached hydrogen (secondary N) is 2. The predicted molar refractivity (Wildman–Crippen MR) is 67.0 cm³/mol. The van der Waals surface area contributed by atoms with Gasteiger partial charge in [-0.2, -0.15) is 5.10 Å². The molecule has 0 atom stereocenters. The molecule has 0 unspecified atom stereocenters. The first-order valence-corrected chi connectivity index (χ1v) is 5.63. The summed E-state index contributed by atoms with van der Waals surface area (Å²) in [4.78, 5) is 11.5. The number of nitrogens with zero attached hydrogens (tertiary/aromatic N) is 1. The summed E-state index contributed by atoms with van der Waals surface area (Å²) in [5.41, 5.74) is 1.33. The summed E-state index contributed by atoms with van der Waals surface area (Å²) >= 11 is 5.76. The highest BCUT2D eigenvalue weighted by molar-refractivity contribution is 6.30. The zero-order chi connectivity index (χ0) is 13.0. The first-order chi connectivity index (χ1) is 8.63. The van der Waals surface area contributed by atoms with Gasteiger partial charge in [-0.3, -0.25) is 4.79 Å². The van der Waals surface area contributed by atoms with Crippen molar-refractivity contribution in [1.29, 1.82) is 0 Å². The first kappa shape index (κ1) is 12.4. The molecule has 0 bridgehead atoms. The van der Waals surface area contributed by atoms with E-state index in [0.29, 0.717) is 17.3 Å². The lowest BCUT2D eigenvalue weighted by atomic mass is 10.2. The number of hydrogen-bond acceptors (Lipinski definition) is 3. The summed E-state index contributed by atoms with van der Waals surface area (Å²) in [6.07, 6.45) is 1.30. The molecule has 0 fully saturated rings. The maximum absolute atomic E-state index is 11.5. The lowest BCUT2D eigenvalue weighted by Gasteiger charge is -2.03. The number of carbonyl (C=O) groups excluding carboxylic acids is 1. The van der Waals surface area contributed by atoms with E-state index in [0.717, 1.165) is 5.56 Å². The average Bonchev–Trinajstić information content (AvgIpc) is 2.74. The first-order valence-electron chi connectivity index (χ1n) is 5.25. The summed E-state index contributed by atoms with van der Waals surface area (Å²) in [7, 11) is 0. The highest BCUT2D eigenvalue weighted by Crippen LogP contribution is 2.10. The summed E-state index contributed by atoms with van der Waals surface area (Å²) in [6.45, 7) is 0.406. The number of hydrogen-bond donors (Lipinski definition) is 3. The molecule has 1 aromatic heterocycles. The second-order valence-electron chi connectivity index (χ2n) is 3.67. The van der Waals surface area contributed by atoms with Gasteiger partial charge in [0.15, 0.2) is 0 Å². The maximum Gasteiger partial charge on any atom is 0.230 e. The van der Waals surface area contributed by atoms with E-state index < -0.39 is 0 Å². The fourth-order valence-electron chi connectivity index (χ4n) is 1.38. The maximum atomic E-state index is 11.5. The van der Waals surface area contributed by atoms with Crippen molar-refractivity contribution in [3.05, 3.63) is 53.0 Å². The summed E-state index contributed by atoms with van der Waals surface area (Å²) in [6, 6.07) is 8.56. The normalized spacial score (nSPS) is 10.3. The lowest BCUT2D eigenvalue weighted by Crippen LogP contribution is -2.23. The molecule has 3 N–H and O–H groups in total. The fourth-order valence-corrected chi connectivity index (χ4v) is 1.50. The Labute approximate surface area is 109 Å². The zero-order valence-corrected chi connectivity index (χ0v) is 10.1. The molecule has 0 aliphatic carbocycles. The van der Waals surface area contributed by atoms with Crippen molar-refractivity contribution in [3.8, 4) is 5.88 Å². The number of halogens is 1. The number of aromatic nitrogens is 2. The van der Waals surface area contributed by atoms with Crippen molar-refractivity contribution in [1.82, 2.24) is 15.5 Å². The van der Waals surface area contributed by atoms with E-state index in [1.165, 1.54) is 12.5 Å². The van der Waals surface area contributed by atoms with Crippen molar-refractivity contribution < 1.29 is 9.90 Å². The van der Waals surface area contributed by atoms with Crippen LogP contribution in [0.15, 0.2) is 30.3 Å². The molecule has 18 heavy (non-hydrogen) atoms. The smallest absolute Gasteiger partial charge is 0.230 e. The van der Waals surface area contributed by atoms with Gasteiger partial charge in [0.05, 0.1) is 12.1 Å².